The van der Waals surface area contributed by atoms with Crippen LogP contribution in [0.4, 0.5) is 8.78 Å². The van der Waals surface area contributed by atoms with Crippen LogP contribution >= 0.6 is 0 Å². The Morgan fingerprint density at radius 1 is 0.625 bits per heavy atom. The molecule has 24 heavy (non-hydrogen) atoms. The molecule has 3 aromatic carbocycles. The SMILES string of the molecule is Fc1ccc(-c2cc(-c3ccccc3)c3ccc(F)cc3n2)cc1. The Morgan fingerprint density at radius 3 is 2.08 bits per heavy atom. The molecule has 4 rings (SSSR count). The van der Waals surface area contributed by atoms with E-state index in [2.05, 4.69) is 4.98 Å². The van der Waals surface area contributed by atoms with E-state index in [1.807, 2.05) is 36.4 Å². The average molecular weight is 317 g/mol. The van der Waals surface area contributed by atoms with Crippen LogP contribution in [-0.4, -0.2) is 4.98 Å². The molecule has 0 N–H and O–H groups in total. The Hall–Kier alpha value is -3.07. The monoisotopic (exact) mass is 317 g/mol. The first-order valence-electron chi connectivity index (χ1n) is 7.62. The van der Waals surface area contributed by atoms with E-state index in [1.165, 1.54) is 24.3 Å². The Bertz CT molecular complexity index is 1010. The van der Waals surface area contributed by atoms with Crippen LogP contribution in [0.2, 0.25) is 0 Å². The fraction of sp³-hybridized carbons (Fsp3) is 0. The van der Waals surface area contributed by atoms with E-state index in [4.69, 9.17) is 0 Å². The molecule has 0 aliphatic heterocycles. The lowest BCUT2D eigenvalue weighted by Gasteiger charge is -2.10. The lowest BCUT2D eigenvalue weighted by molar-refractivity contribution is 0.628. The van der Waals surface area contributed by atoms with Crippen LogP contribution in [0.1, 0.15) is 0 Å². The number of rotatable bonds is 2. The zero-order valence-corrected chi connectivity index (χ0v) is 12.7. The van der Waals surface area contributed by atoms with Gasteiger partial charge in [0.05, 0.1) is 11.2 Å². The highest BCUT2D eigenvalue weighted by Gasteiger charge is 2.10. The smallest absolute Gasteiger partial charge is 0.125 e. The van der Waals surface area contributed by atoms with Crippen molar-refractivity contribution < 1.29 is 8.78 Å². The highest BCUT2D eigenvalue weighted by molar-refractivity contribution is 5.96. The van der Waals surface area contributed by atoms with Gasteiger partial charge >= 0.3 is 0 Å². The van der Waals surface area contributed by atoms with E-state index < -0.39 is 0 Å². The molecule has 0 fully saturated rings. The molecule has 0 aliphatic carbocycles. The molecule has 116 valence electrons. The fourth-order valence-electron chi connectivity index (χ4n) is 2.83. The van der Waals surface area contributed by atoms with Crippen molar-refractivity contribution in [1.29, 1.82) is 0 Å². The molecule has 0 spiro atoms. The summed E-state index contributed by atoms with van der Waals surface area (Å²) in [6, 6.07) is 22.6. The summed E-state index contributed by atoms with van der Waals surface area (Å²) < 4.78 is 26.9. The average Bonchev–Trinajstić information content (AvgIpc) is 2.62. The van der Waals surface area contributed by atoms with Gasteiger partial charge in [0.2, 0.25) is 0 Å². The number of nitrogens with zero attached hydrogens (tertiary/aromatic N) is 1. The van der Waals surface area contributed by atoms with E-state index in [1.54, 1.807) is 18.2 Å². The Labute approximate surface area is 138 Å². The van der Waals surface area contributed by atoms with Gasteiger partial charge in [-0.2, -0.15) is 0 Å². The van der Waals surface area contributed by atoms with Gasteiger partial charge in [-0.05, 0) is 53.6 Å². The van der Waals surface area contributed by atoms with Gasteiger partial charge < -0.3 is 0 Å². The van der Waals surface area contributed by atoms with Gasteiger partial charge in [0.25, 0.3) is 0 Å². The van der Waals surface area contributed by atoms with E-state index in [0.29, 0.717) is 11.2 Å². The van der Waals surface area contributed by atoms with Crippen molar-refractivity contribution in [1.82, 2.24) is 4.98 Å². The molecule has 0 atom stereocenters. The number of hydrogen-bond acceptors (Lipinski definition) is 1. The maximum atomic E-state index is 13.7. The molecule has 0 saturated carbocycles. The van der Waals surface area contributed by atoms with Crippen molar-refractivity contribution in [2.24, 2.45) is 0 Å². The molecular formula is C21H13F2N. The second kappa shape index (κ2) is 5.85. The van der Waals surface area contributed by atoms with Crippen molar-refractivity contribution in [2.45, 2.75) is 0 Å². The van der Waals surface area contributed by atoms with Gasteiger partial charge in [-0.3, -0.25) is 0 Å². The Morgan fingerprint density at radius 2 is 1.33 bits per heavy atom. The van der Waals surface area contributed by atoms with Crippen LogP contribution in [0.15, 0.2) is 78.9 Å². The molecule has 0 saturated heterocycles. The molecule has 0 bridgehead atoms. The molecule has 0 amide bonds. The summed E-state index contributed by atoms with van der Waals surface area (Å²) in [6.45, 7) is 0. The molecule has 1 aromatic heterocycles. The number of aromatic nitrogens is 1. The van der Waals surface area contributed by atoms with Crippen LogP contribution in [0.3, 0.4) is 0 Å². The number of halogens is 2. The highest BCUT2D eigenvalue weighted by Crippen LogP contribution is 2.32. The van der Waals surface area contributed by atoms with Crippen molar-refractivity contribution in [3.63, 3.8) is 0 Å². The lowest BCUT2D eigenvalue weighted by Crippen LogP contribution is -1.91. The summed E-state index contributed by atoms with van der Waals surface area (Å²) in [5.74, 6) is -0.626. The maximum absolute atomic E-state index is 13.7. The van der Waals surface area contributed by atoms with Gasteiger partial charge in [0.1, 0.15) is 11.6 Å². The summed E-state index contributed by atoms with van der Waals surface area (Å²) in [7, 11) is 0. The Balaban J connectivity index is 2.01. The fourth-order valence-corrected chi connectivity index (χ4v) is 2.83. The molecule has 1 nitrogen and oxygen atoms in total. The van der Waals surface area contributed by atoms with Crippen LogP contribution < -0.4 is 0 Å². The third-order valence-electron chi connectivity index (χ3n) is 4.00. The molecule has 0 radical (unpaired) electrons. The topological polar surface area (TPSA) is 12.9 Å². The third kappa shape index (κ3) is 2.65. The number of benzene rings is 3. The van der Waals surface area contributed by atoms with Gasteiger partial charge in [-0.15, -0.1) is 0 Å². The second-order valence-electron chi connectivity index (χ2n) is 5.59. The maximum Gasteiger partial charge on any atom is 0.125 e. The zero-order chi connectivity index (χ0) is 16.5. The van der Waals surface area contributed by atoms with Crippen LogP contribution in [0.25, 0.3) is 33.3 Å². The van der Waals surface area contributed by atoms with Crippen LogP contribution in [-0.2, 0) is 0 Å². The molecular weight excluding hydrogens is 304 g/mol. The molecule has 3 heteroatoms. The van der Waals surface area contributed by atoms with E-state index >= 15 is 0 Å². The zero-order valence-electron chi connectivity index (χ0n) is 12.7. The third-order valence-corrected chi connectivity index (χ3v) is 4.00. The van der Waals surface area contributed by atoms with Crippen LogP contribution in [0.5, 0.6) is 0 Å². The minimum absolute atomic E-state index is 0.297. The second-order valence-corrected chi connectivity index (χ2v) is 5.59. The summed E-state index contributed by atoms with van der Waals surface area (Å²) >= 11 is 0. The largest absolute Gasteiger partial charge is 0.248 e. The lowest BCUT2D eigenvalue weighted by atomic mass is 9.98. The van der Waals surface area contributed by atoms with Crippen molar-refractivity contribution in [3.8, 4) is 22.4 Å². The molecule has 0 aliphatic rings. The normalized spacial score (nSPS) is 10.9. The van der Waals surface area contributed by atoms with Crippen molar-refractivity contribution in [2.75, 3.05) is 0 Å². The van der Waals surface area contributed by atoms with Gasteiger partial charge in [-0.1, -0.05) is 30.3 Å². The number of fused-ring (bicyclic) bond motifs is 1. The number of hydrogen-bond donors (Lipinski definition) is 0. The Kier molecular flexibility index (Phi) is 3.54. The number of pyridine rings is 1. The van der Waals surface area contributed by atoms with E-state index in [-0.39, 0.29) is 11.6 Å². The molecule has 0 unspecified atom stereocenters. The summed E-state index contributed by atoms with van der Waals surface area (Å²) in [6.07, 6.45) is 0. The van der Waals surface area contributed by atoms with E-state index in [0.717, 1.165) is 22.1 Å². The predicted molar refractivity (Wildman–Crippen MR) is 92.5 cm³/mol. The van der Waals surface area contributed by atoms with E-state index in [9.17, 15) is 8.78 Å². The summed E-state index contributed by atoms with van der Waals surface area (Å²) in [4.78, 5) is 4.56. The van der Waals surface area contributed by atoms with Gasteiger partial charge in [0, 0.05) is 17.0 Å². The van der Waals surface area contributed by atoms with Gasteiger partial charge in [0.15, 0.2) is 0 Å². The predicted octanol–water partition coefficient (Wildman–Crippen LogP) is 5.85. The first-order chi connectivity index (χ1) is 11.7. The first kappa shape index (κ1) is 14.5. The minimum atomic E-state index is -0.328. The summed E-state index contributed by atoms with van der Waals surface area (Å²) in [5, 5.41) is 0.883. The summed E-state index contributed by atoms with van der Waals surface area (Å²) in [5.41, 5.74) is 4.06. The van der Waals surface area contributed by atoms with Crippen LogP contribution in [0, 0.1) is 11.6 Å². The van der Waals surface area contributed by atoms with Crippen molar-refractivity contribution in [3.05, 3.63) is 90.5 Å². The van der Waals surface area contributed by atoms with Gasteiger partial charge in [-0.25, -0.2) is 13.8 Å². The minimum Gasteiger partial charge on any atom is -0.248 e. The quantitative estimate of drug-likeness (QED) is 0.452. The molecule has 4 aromatic rings. The van der Waals surface area contributed by atoms with Crippen molar-refractivity contribution >= 4 is 10.9 Å². The highest BCUT2D eigenvalue weighted by atomic mass is 19.1. The standard InChI is InChI=1S/C21H13F2N/c22-16-8-6-15(7-9-16)20-13-19(14-4-2-1-3-5-14)18-11-10-17(23)12-21(18)24-20/h1-13H. The first-order valence-corrected chi connectivity index (χ1v) is 7.62. The molecule has 1 heterocycles.